The zero-order valence-electron chi connectivity index (χ0n) is 14.3. The topological polar surface area (TPSA) is 60.5 Å². The van der Waals surface area contributed by atoms with E-state index in [9.17, 15) is 4.79 Å². The molecule has 1 saturated heterocycles. The number of benzene rings is 1. The molecule has 0 bridgehead atoms. The molecule has 1 aromatic carbocycles. The highest BCUT2D eigenvalue weighted by Crippen LogP contribution is 2.14. The Kier molecular flexibility index (Phi) is 6.54. The first-order valence-electron chi connectivity index (χ1n) is 8.73. The summed E-state index contributed by atoms with van der Waals surface area (Å²) in [6, 6.07) is 13.9. The van der Waals surface area contributed by atoms with Gasteiger partial charge in [0.15, 0.2) is 0 Å². The molecule has 1 amide bonds. The average molecular weight is 340 g/mol. The first kappa shape index (κ1) is 17.6. The Morgan fingerprint density at radius 2 is 1.96 bits per heavy atom. The number of hydrogen-bond acceptors (Lipinski definition) is 4. The minimum absolute atomic E-state index is 0.00222. The first-order valence-corrected chi connectivity index (χ1v) is 8.73. The van der Waals surface area contributed by atoms with Crippen molar-refractivity contribution in [3.8, 4) is 0 Å². The van der Waals surface area contributed by atoms with Gasteiger partial charge in [-0.05, 0) is 36.1 Å². The lowest BCUT2D eigenvalue weighted by Crippen LogP contribution is -2.50. The van der Waals surface area contributed by atoms with E-state index in [1.54, 1.807) is 12.4 Å². The van der Waals surface area contributed by atoms with Crippen LogP contribution in [-0.4, -0.2) is 36.3 Å². The van der Waals surface area contributed by atoms with Gasteiger partial charge in [-0.1, -0.05) is 30.3 Å². The van der Waals surface area contributed by atoms with Crippen LogP contribution in [0.3, 0.4) is 0 Å². The van der Waals surface area contributed by atoms with E-state index >= 15 is 0 Å². The van der Waals surface area contributed by atoms with Gasteiger partial charge in [-0.2, -0.15) is 0 Å². The van der Waals surface area contributed by atoms with Gasteiger partial charge in [0, 0.05) is 25.4 Å². The van der Waals surface area contributed by atoms with Crippen LogP contribution in [0.1, 0.15) is 24.0 Å². The normalized spacial score (nSPS) is 20.2. The molecule has 5 heteroatoms. The third-order valence-corrected chi connectivity index (χ3v) is 4.35. The molecule has 1 N–H and O–H groups in total. The zero-order chi connectivity index (χ0) is 17.3. The zero-order valence-corrected chi connectivity index (χ0v) is 14.3. The SMILES string of the molecule is O=C(CCc1ccncc1)N[C@@H]1CCOC[C@H]1OCc1ccccc1. The molecule has 3 rings (SSSR count). The number of amides is 1. The third-order valence-electron chi connectivity index (χ3n) is 4.35. The van der Waals surface area contributed by atoms with Gasteiger partial charge >= 0.3 is 0 Å². The Morgan fingerprint density at radius 1 is 1.16 bits per heavy atom. The van der Waals surface area contributed by atoms with Crippen LogP contribution in [0.15, 0.2) is 54.9 Å². The quantitative estimate of drug-likeness (QED) is 0.841. The van der Waals surface area contributed by atoms with E-state index < -0.39 is 0 Å². The van der Waals surface area contributed by atoms with E-state index in [2.05, 4.69) is 10.3 Å². The molecule has 1 aliphatic heterocycles. The van der Waals surface area contributed by atoms with Crippen molar-refractivity contribution in [1.82, 2.24) is 10.3 Å². The fourth-order valence-corrected chi connectivity index (χ4v) is 2.90. The van der Waals surface area contributed by atoms with Crippen LogP contribution in [0.4, 0.5) is 0 Å². The Hall–Kier alpha value is -2.24. The molecule has 0 radical (unpaired) electrons. The molecule has 1 aromatic heterocycles. The molecule has 0 saturated carbocycles. The lowest BCUT2D eigenvalue weighted by Gasteiger charge is -2.32. The third kappa shape index (κ3) is 5.66. The number of aryl methyl sites for hydroxylation is 1. The number of hydrogen-bond donors (Lipinski definition) is 1. The van der Waals surface area contributed by atoms with Gasteiger partial charge in [-0.15, -0.1) is 0 Å². The van der Waals surface area contributed by atoms with Crippen molar-refractivity contribution in [2.24, 2.45) is 0 Å². The number of carbonyl (C=O) groups is 1. The van der Waals surface area contributed by atoms with Gasteiger partial charge in [0.1, 0.15) is 6.10 Å². The predicted molar refractivity (Wildman–Crippen MR) is 94.9 cm³/mol. The van der Waals surface area contributed by atoms with Crippen molar-refractivity contribution in [2.75, 3.05) is 13.2 Å². The predicted octanol–water partition coefficient (Wildman–Crippen LogP) is 2.50. The Labute approximate surface area is 148 Å². The monoisotopic (exact) mass is 340 g/mol. The van der Waals surface area contributed by atoms with Crippen LogP contribution in [0, 0.1) is 0 Å². The molecule has 1 fully saturated rings. The second-order valence-corrected chi connectivity index (χ2v) is 6.23. The van der Waals surface area contributed by atoms with Crippen molar-refractivity contribution in [3.63, 3.8) is 0 Å². The van der Waals surface area contributed by atoms with E-state index in [4.69, 9.17) is 9.47 Å². The minimum Gasteiger partial charge on any atom is -0.379 e. The van der Waals surface area contributed by atoms with Crippen molar-refractivity contribution in [2.45, 2.75) is 38.0 Å². The summed E-state index contributed by atoms with van der Waals surface area (Å²) in [5.41, 5.74) is 2.24. The van der Waals surface area contributed by atoms with Crippen LogP contribution in [0.25, 0.3) is 0 Å². The lowest BCUT2D eigenvalue weighted by atomic mass is 10.0. The van der Waals surface area contributed by atoms with Crippen LogP contribution >= 0.6 is 0 Å². The van der Waals surface area contributed by atoms with Crippen LogP contribution in [0.5, 0.6) is 0 Å². The second kappa shape index (κ2) is 9.30. The van der Waals surface area contributed by atoms with Crippen molar-refractivity contribution >= 4 is 5.91 Å². The molecule has 1 aliphatic rings. The van der Waals surface area contributed by atoms with Gasteiger partial charge in [0.05, 0.1) is 19.3 Å². The van der Waals surface area contributed by atoms with Gasteiger partial charge in [-0.25, -0.2) is 0 Å². The summed E-state index contributed by atoms with van der Waals surface area (Å²) in [5.74, 6) is 0.0528. The van der Waals surface area contributed by atoms with E-state index in [1.165, 1.54) is 0 Å². The summed E-state index contributed by atoms with van der Waals surface area (Å²) >= 11 is 0. The standard InChI is InChI=1S/C20H24N2O3/c23-20(7-6-16-8-11-21-12-9-16)22-18-10-13-24-15-19(18)25-14-17-4-2-1-3-5-17/h1-5,8-9,11-12,18-19H,6-7,10,13-15H2,(H,22,23)/t18-,19-/m1/s1. The lowest BCUT2D eigenvalue weighted by molar-refractivity contribution is -0.126. The van der Waals surface area contributed by atoms with E-state index in [-0.39, 0.29) is 18.1 Å². The van der Waals surface area contributed by atoms with Crippen molar-refractivity contribution in [3.05, 3.63) is 66.0 Å². The smallest absolute Gasteiger partial charge is 0.220 e. The van der Waals surface area contributed by atoms with Crippen LogP contribution in [0.2, 0.25) is 0 Å². The molecule has 2 aromatic rings. The van der Waals surface area contributed by atoms with Gasteiger partial charge < -0.3 is 14.8 Å². The number of rotatable bonds is 7. The summed E-state index contributed by atoms with van der Waals surface area (Å²) in [7, 11) is 0. The second-order valence-electron chi connectivity index (χ2n) is 6.23. The maximum atomic E-state index is 12.3. The van der Waals surface area contributed by atoms with Crippen LogP contribution < -0.4 is 5.32 Å². The van der Waals surface area contributed by atoms with E-state index in [1.807, 2.05) is 42.5 Å². The molecule has 2 atom stereocenters. The summed E-state index contributed by atoms with van der Waals surface area (Å²) in [4.78, 5) is 16.3. The number of pyridine rings is 1. The minimum atomic E-state index is -0.112. The molecule has 2 heterocycles. The number of nitrogens with zero attached hydrogens (tertiary/aromatic N) is 1. The number of aromatic nitrogens is 1. The van der Waals surface area contributed by atoms with Gasteiger partial charge in [0.25, 0.3) is 0 Å². The highest BCUT2D eigenvalue weighted by atomic mass is 16.5. The highest BCUT2D eigenvalue weighted by Gasteiger charge is 2.27. The molecular formula is C20H24N2O3. The van der Waals surface area contributed by atoms with E-state index in [0.717, 1.165) is 17.5 Å². The van der Waals surface area contributed by atoms with Crippen LogP contribution in [-0.2, 0) is 27.3 Å². The summed E-state index contributed by atoms with van der Waals surface area (Å²) < 4.78 is 11.5. The molecule has 132 valence electrons. The van der Waals surface area contributed by atoms with Gasteiger partial charge in [0.2, 0.25) is 5.91 Å². The highest BCUT2D eigenvalue weighted by molar-refractivity contribution is 5.76. The molecule has 0 spiro atoms. The largest absolute Gasteiger partial charge is 0.379 e. The van der Waals surface area contributed by atoms with Crippen molar-refractivity contribution in [1.29, 1.82) is 0 Å². The summed E-state index contributed by atoms with van der Waals surface area (Å²) in [5, 5.41) is 3.12. The number of carbonyl (C=O) groups excluding carboxylic acids is 1. The Balaban J connectivity index is 1.47. The van der Waals surface area contributed by atoms with Gasteiger partial charge in [-0.3, -0.25) is 9.78 Å². The Bertz CT molecular complexity index is 649. The Morgan fingerprint density at radius 3 is 2.76 bits per heavy atom. The maximum Gasteiger partial charge on any atom is 0.220 e. The van der Waals surface area contributed by atoms with Crippen molar-refractivity contribution < 1.29 is 14.3 Å². The summed E-state index contributed by atoms with van der Waals surface area (Å²) in [6.45, 7) is 1.70. The molecule has 5 nitrogen and oxygen atoms in total. The fraction of sp³-hybridized carbons (Fsp3) is 0.400. The average Bonchev–Trinajstić information content (AvgIpc) is 2.67. The van der Waals surface area contributed by atoms with E-state index in [0.29, 0.717) is 32.7 Å². The molecule has 0 unspecified atom stereocenters. The molecule has 0 aliphatic carbocycles. The fourth-order valence-electron chi connectivity index (χ4n) is 2.90. The number of ether oxygens (including phenoxy) is 2. The first-order chi connectivity index (χ1) is 12.3. The maximum absolute atomic E-state index is 12.3. The molecule has 25 heavy (non-hydrogen) atoms. The summed E-state index contributed by atoms with van der Waals surface area (Å²) in [6.07, 6.45) is 5.34. The molecular weight excluding hydrogens is 316 g/mol. The number of nitrogens with one attached hydrogen (secondary N) is 1.